The zero-order valence-corrected chi connectivity index (χ0v) is 9.75. The molecule has 0 amide bonds. The molecule has 1 atom stereocenters. The molecule has 3 nitrogen and oxygen atoms in total. The van der Waals surface area contributed by atoms with E-state index in [4.69, 9.17) is 5.73 Å². The second-order valence-corrected chi connectivity index (χ2v) is 4.23. The van der Waals surface area contributed by atoms with E-state index in [1.165, 1.54) is 0 Å². The molecule has 0 aliphatic rings. The minimum atomic E-state index is -0.0105. The van der Waals surface area contributed by atoms with E-state index in [9.17, 15) is 0 Å². The van der Waals surface area contributed by atoms with Gasteiger partial charge in [0.15, 0.2) is 0 Å². The van der Waals surface area contributed by atoms with Crippen molar-refractivity contribution in [2.75, 3.05) is 0 Å². The summed E-state index contributed by atoms with van der Waals surface area (Å²) in [6.07, 6.45) is 0. The summed E-state index contributed by atoms with van der Waals surface area (Å²) in [7, 11) is 0. The molecule has 2 aromatic rings. The summed E-state index contributed by atoms with van der Waals surface area (Å²) in [6, 6.07) is 5.92. The zero-order valence-electron chi connectivity index (χ0n) is 8.16. The van der Waals surface area contributed by atoms with Gasteiger partial charge in [-0.3, -0.25) is 4.40 Å². The minimum absolute atomic E-state index is 0.0105. The van der Waals surface area contributed by atoms with Crippen LogP contribution in [0.25, 0.3) is 5.65 Å². The first kappa shape index (κ1) is 9.68. The quantitative estimate of drug-likeness (QED) is 0.794. The lowest BCUT2D eigenvalue weighted by Crippen LogP contribution is -2.10. The number of hydrogen-bond donors (Lipinski definition) is 1. The number of imidazole rings is 1. The molecule has 2 aromatic heterocycles. The Morgan fingerprint density at radius 2 is 2.21 bits per heavy atom. The molecule has 2 rings (SSSR count). The van der Waals surface area contributed by atoms with Crippen LogP contribution in [-0.2, 0) is 0 Å². The number of nitrogens with two attached hydrogens (primary N) is 1. The van der Waals surface area contributed by atoms with Gasteiger partial charge in [-0.05, 0) is 41.9 Å². The Bertz CT molecular complexity index is 473. The van der Waals surface area contributed by atoms with Crippen LogP contribution in [-0.4, -0.2) is 9.38 Å². The van der Waals surface area contributed by atoms with Gasteiger partial charge in [0.1, 0.15) is 5.65 Å². The first-order chi connectivity index (χ1) is 6.61. The summed E-state index contributed by atoms with van der Waals surface area (Å²) in [6.45, 7) is 3.95. The van der Waals surface area contributed by atoms with Crippen LogP contribution >= 0.6 is 15.9 Å². The topological polar surface area (TPSA) is 43.3 Å². The number of aromatic nitrogens is 2. The fraction of sp³-hybridized carbons (Fsp3) is 0.300. The molecule has 0 aliphatic heterocycles. The van der Waals surface area contributed by atoms with E-state index < -0.39 is 0 Å². The van der Waals surface area contributed by atoms with Gasteiger partial charge in [0, 0.05) is 6.04 Å². The van der Waals surface area contributed by atoms with Crippen molar-refractivity contribution in [3.05, 3.63) is 34.2 Å². The maximum Gasteiger partial charge on any atom is 0.138 e. The molecule has 0 radical (unpaired) electrons. The molecule has 0 aliphatic carbocycles. The van der Waals surface area contributed by atoms with Gasteiger partial charge in [-0.1, -0.05) is 6.07 Å². The third kappa shape index (κ3) is 1.35. The Balaban J connectivity index is 2.86. The maximum atomic E-state index is 5.91. The highest BCUT2D eigenvalue weighted by atomic mass is 79.9. The minimum Gasteiger partial charge on any atom is -0.323 e. The Hall–Kier alpha value is -0.870. The number of nitrogens with zero attached hydrogens (tertiary/aromatic N) is 2. The highest BCUT2D eigenvalue weighted by molar-refractivity contribution is 9.10. The third-order valence-corrected chi connectivity index (χ3v) is 2.87. The molecule has 0 aromatic carbocycles. The van der Waals surface area contributed by atoms with Crippen molar-refractivity contribution in [2.24, 2.45) is 5.73 Å². The lowest BCUT2D eigenvalue weighted by Gasteiger charge is -2.07. The Labute approximate surface area is 91.1 Å². The predicted molar refractivity (Wildman–Crippen MR) is 60.2 cm³/mol. The zero-order chi connectivity index (χ0) is 10.3. The van der Waals surface area contributed by atoms with Crippen molar-refractivity contribution in [3.63, 3.8) is 0 Å². The van der Waals surface area contributed by atoms with E-state index >= 15 is 0 Å². The number of pyridine rings is 1. The number of halogens is 1. The molecule has 74 valence electrons. The Morgan fingerprint density at radius 3 is 2.86 bits per heavy atom. The normalized spacial score (nSPS) is 13.4. The molecule has 1 unspecified atom stereocenters. The Morgan fingerprint density at radius 1 is 1.50 bits per heavy atom. The second-order valence-electron chi connectivity index (χ2n) is 3.41. The van der Waals surface area contributed by atoms with Crippen LogP contribution in [0.5, 0.6) is 0 Å². The SMILES string of the molecule is Cc1nc2cccc(Br)n2c1C(C)N. The van der Waals surface area contributed by atoms with Gasteiger partial charge in [0.05, 0.1) is 16.0 Å². The van der Waals surface area contributed by atoms with E-state index in [0.717, 1.165) is 21.6 Å². The highest BCUT2D eigenvalue weighted by Crippen LogP contribution is 2.22. The molecule has 2 heterocycles. The van der Waals surface area contributed by atoms with Crippen molar-refractivity contribution in [2.45, 2.75) is 19.9 Å². The number of hydrogen-bond acceptors (Lipinski definition) is 2. The smallest absolute Gasteiger partial charge is 0.138 e. The number of aryl methyl sites for hydroxylation is 1. The number of rotatable bonds is 1. The van der Waals surface area contributed by atoms with Gasteiger partial charge in [-0.15, -0.1) is 0 Å². The van der Waals surface area contributed by atoms with Crippen LogP contribution < -0.4 is 5.73 Å². The van der Waals surface area contributed by atoms with Crippen molar-refractivity contribution in [1.82, 2.24) is 9.38 Å². The van der Waals surface area contributed by atoms with E-state index in [-0.39, 0.29) is 6.04 Å². The lowest BCUT2D eigenvalue weighted by atomic mass is 10.2. The standard InChI is InChI=1S/C10H12BrN3/c1-6(12)10-7(2)13-9-5-3-4-8(11)14(9)10/h3-6H,12H2,1-2H3. The Kier molecular flexibility index (Phi) is 2.33. The first-order valence-corrected chi connectivity index (χ1v) is 5.29. The van der Waals surface area contributed by atoms with Gasteiger partial charge in [-0.25, -0.2) is 4.98 Å². The van der Waals surface area contributed by atoms with Crippen LogP contribution in [0, 0.1) is 6.92 Å². The summed E-state index contributed by atoms with van der Waals surface area (Å²) in [5.74, 6) is 0. The molecule has 0 bridgehead atoms. The first-order valence-electron chi connectivity index (χ1n) is 4.50. The molecular weight excluding hydrogens is 242 g/mol. The average molecular weight is 254 g/mol. The monoisotopic (exact) mass is 253 g/mol. The molecule has 0 fully saturated rings. The van der Waals surface area contributed by atoms with Crippen molar-refractivity contribution >= 4 is 21.6 Å². The third-order valence-electron chi connectivity index (χ3n) is 2.25. The summed E-state index contributed by atoms with van der Waals surface area (Å²) >= 11 is 3.50. The van der Waals surface area contributed by atoms with Crippen molar-refractivity contribution in [3.8, 4) is 0 Å². The summed E-state index contributed by atoms with van der Waals surface area (Å²) in [5.41, 5.74) is 8.90. The largest absolute Gasteiger partial charge is 0.323 e. The molecular formula is C10H12BrN3. The van der Waals surface area contributed by atoms with Crippen molar-refractivity contribution < 1.29 is 0 Å². The van der Waals surface area contributed by atoms with Crippen LogP contribution in [0.2, 0.25) is 0 Å². The lowest BCUT2D eigenvalue weighted by molar-refractivity contribution is 0.757. The highest BCUT2D eigenvalue weighted by Gasteiger charge is 2.13. The van der Waals surface area contributed by atoms with E-state index in [2.05, 4.69) is 20.9 Å². The van der Waals surface area contributed by atoms with Gasteiger partial charge in [0.2, 0.25) is 0 Å². The molecule has 0 spiro atoms. The van der Waals surface area contributed by atoms with Gasteiger partial charge < -0.3 is 5.73 Å². The fourth-order valence-electron chi connectivity index (χ4n) is 1.72. The van der Waals surface area contributed by atoms with Crippen LogP contribution in [0.3, 0.4) is 0 Å². The van der Waals surface area contributed by atoms with Crippen LogP contribution in [0.4, 0.5) is 0 Å². The van der Waals surface area contributed by atoms with Crippen molar-refractivity contribution in [1.29, 1.82) is 0 Å². The average Bonchev–Trinajstić information content (AvgIpc) is 2.42. The molecule has 4 heteroatoms. The van der Waals surface area contributed by atoms with Crippen LogP contribution in [0.1, 0.15) is 24.4 Å². The molecule has 0 saturated heterocycles. The number of fused-ring (bicyclic) bond motifs is 1. The van der Waals surface area contributed by atoms with Crippen LogP contribution in [0.15, 0.2) is 22.8 Å². The van der Waals surface area contributed by atoms with E-state index in [1.54, 1.807) is 0 Å². The van der Waals surface area contributed by atoms with Gasteiger partial charge >= 0.3 is 0 Å². The van der Waals surface area contributed by atoms with E-state index in [0.29, 0.717) is 0 Å². The van der Waals surface area contributed by atoms with E-state index in [1.807, 2.05) is 36.4 Å². The predicted octanol–water partition coefficient (Wildman–Crippen LogP) is 2.42. The second kappa shape index (κ2) is 3.37. The molecule has 0 saturated carbocycles. The van der Waals surface area contributed by atoms with Gasteiger partial charge in [-0.2, -0.15) is 0 Å². The molecule has 2 N–H and O–H groups in total. The summed E-state index contributed by atoms with van der Waals surface area (Å²) < 4.78 is 3.03. The molecule has 14 heavy (non-hydrogen) atoms. The summed E-state index contributed by atoms with van der Waals surface area (Å²) in [5, 5.41) is 0. The summed E-state index contributed by atoms with van der Waals surface area (Å²) in [4.78, 5) is 4.45. The fourth-order valence-corrected chi connectivity index (χ4v) is 2.25. The maximum absolute atomic E-state index is 5.91. The van der Waals surface area contributed by atoms with Gasteiger partial charge in [0.25, 0.3) is 0 Å².